The van der Waals surface area contributed by atoms with Crippen LogP contribution in [0.1, 0.15) is 0 Å². The Hall–Kier alpha value is -2.44. The lowest BCUT2D eigenvalue weighted by Gasteiger charge is -2.36. The standard InChI is InChI=1S/C20H22FN5.ClH/c21-18-6-8-19(9-7-18)25-13-10-24(11-14-25)12-15-26-16-20(22-23-26)17-4-2-1-3-5-17;/h1-9,16H,10-15H2;1H. The number of hydrogen-bond donors (Lipinski definition) is 0. The molecular weight excluding hydrogens is 365 g/mol. The van der Waals surface area contributed by atoms with Gasteiger partial charge in [-0.3, -0.25) is 9.58 Å². The van der Waals surface area contributed by atoms with Crippen molar-refractivity contribution in [1.82, 2.24) is 19.9 Å². The maximum absolute atomic E-state index is 13.0. The summed E-state index contributed by atoms with van der Waals surface area (Å²) in [5, 5.41) is 8.51. The van der Waals surface area contributed by atoms with E-state index in [0.29, 0.717) is 0 Å². The van der Waals surface area contributed by atoms with Crippen LogP contribution in [-0.2, 0) is 6.54 Å². The summed E-state index contributed by atoms with van der Waals surface area (Å²) in [4.78, 5) is 4.74. The summed E-state index contributed by atoms with van der Waals surface area (Å²) in [6.45, 7) is 5.69. The van der Waals surface area contributed by atoms with Crippen molar-refractivity contribution in [2.24, 2.45) is 0 Å². The molecule has 2 aromatic carbocycles. The Morgan fingerprint density at radius 1 is 0.852 bits per heavy atom. The second-order valence-electron chi connectivity index (χ2n) is 6.54. The molecule has 0 atom stereocenters. The van der Waals surface area contributed by atoms with Gasteiger partial charge in [-0.15, -0.1) is 17.5 Å². The average molecular weight is 388 g/mol. The highest BCUT2D eigenvalue weighted by molar-refractivity contribution is 5.85. The van der Waals surface area contributed by atoms with Crippen LogP contribution < -0.4 is 4.90 Å². The average Bonchev–Trinajstić information content (AvgIpc) is 3.17. The molecule has 0 radical (unpaired) electrons. The molecule has 2 heterocycles. The molecule has 1 fully saturated rings. The molecule has 4 rings (SSSR count). The smallest absolute Gasteiger partial charge is 0.123 e. The number of halogens is 2. The van der Waals surface area contributed by atoms with E-state index < -0.39 is 0 Å². The number of benzene rings is 2. The summed E-state index contributed by atoms with van der Waals surface area (Å²) in [7, 11) is 0. The number of piperazine rings is 1. The summed E-state index contributed by atoms with van der Waals surface area (Å²) >= 11 is 0. The fraction of sp³-hybridized carbons (Fsp3) is 0.300. The monoisotopic (exact) mass is 387 g/mol. The zero-order valence-corrected chi connectivity index (χ0v) is 15.9. The number of nitrogens with zero attached hydrogens (tertiary/aromatic N) is 5. The summed E-state index contributed by atoms with van der Waals surface area (Å²) in [5.41, 5.74) is 3.09. The van der Waals surface area contributed by atoms with Gasteiger partial charge >= 0.3 is 0 Å². The fourth-order valence-electron chi connectivity index (χ4n) is 3.27. The van der Waals surface area contributed by atoms with Crippen molar-refractivity contribution >= 4 is 18.1 Å². The molecule has 142 valence electrons. The number of hydrogen-bond acceptors (Lipinski definition) is 4. The largest absolute Gasteiger partial charge is 0.369 e. The van der Waals surface area contributed by atoms with Crippen LogP contribution in [0.15, 0.2) is 60.8 Å². The van der Waals surface area contributed by atoms with E-state index in [4.69, 9.17) is 0 Å². The van der Waals surface area contributed by atoms with Gasteiger partial charge in [0.1, 0.15) is 11.5 Å². The van der Waals surface area contributed by atoms with E-state index in [1.54, 1.807) is 0 Å². The first-order valence-electron chi connectivity index (χ1n) is 8.96. The van der Waals surface area contributed by atoms with Gasteiger partial charge in [0.05, 0.1) is 12.7 Å². The molecule has 1 saturated heterocycles. The van der Waals surface area contributed by atoms with E-state index in [2.05, 4.69) is 20.1 Å². The van der Waals surface area contributed by atoms with Gasteiger partial charge in [0.2, 0.25) is 0 Å². The molecule has 7 heteroatoms. The minimum absolute atomic E-state index is 0. The summed E-state index contributed by atoms with van der Waals surface area (Å²) in [5.74, 6) is -0.185. The quantitative estimate of drug-likeness (QED) is 0.673. The SMILES string of the molecule is Cl.Fc1ccc(N2CCN(CCn3cc(-c4ccccc4)nn3)CC2)cc1. The summed E-state index contributed by atoms with van der Waals surface area (Å²) in [6.07, 6.45) is 2.00. The minimum atomic E-state index is -0.185. The van der Waals surface area contributed by atoms with Gasteiger partial charge < -0.3 is 4.90 Å². The molecule has 5 nitrogen and oxygen atoms in total. The first-order valence-corrected chi connectivity index (χ1v) is 8.96. The first-order chi connectivity index (χ1) is 12.8. The minimum Gasteiger partial charge on any atom is -0.369 e. The lowest BCUT2D eigenvalue weighted by molar-refractivity contribution is 0.244. The van der Waals surface area contributed by atoms with E-state index in [1.165, 1.54) is 12.1 Å². The molecule has 1 aliphatic heterocycles. The van der Waals surface area contributed by atoms with Crippen LogP contribution in [0.5, 0.6) is 0 Å². The molecule has 0 amide bonds. The Bertz CT molecular complexity index is 829. The van der Waals surface area contributed by atoms with Gasteiger partial charge in [0.25, 0.3) is 0 Å². The van der Waals surface area contributed by atoms with Crippen LogP contribution in [0.3, 0.4) is 0 Å². The fourth-order valence-corrected chi connectivity index (χ4v) is 3.27. The molecule has 0 N–H and O–H groups in total. The first kappa shape index (κ1) is 19.3. The maximum Gasteiger partial charge on any atom is 0.123 e. The highest BCUT2D eigenvalue weighted by Gasteiger charge is 2.17. The zero-order chi connectivity index (χ0) is 17.8. The Kier molecular flexibility index (Phi) is 6.42. The molecule has 0 saturated carbocycles. The van der Waals surface area contributed by atoms with Crippen LogP contribution in [-0.4, -0.2) is 52.6 Å². The zero-order valence-electron chi connectivity index (χ0n) is 15.0. The molecule has 3 aromatic rings. The van der Waals surface area contributed by atoms with Crippen molar-refractivity contribution in [3.63, 3.8) is 0 Å². The highest BCUT2D eigenvalue weighted by atomic mass is 35.5. The topological polar surface area (TPSA) is 37.2 Å². The van der Waals surface area contributed by atoms with E-state index in [1.807, 2.05) is 53.3 Å². The molecular formula is C20H23ClFN5. The van der Waals surface area contributed by atoms with E-state index >= 15 is 0 Å². The van der Waals surface area contributed by atoms with Crippen molar-refractivity contribution in [2.75, 3.05) is 37.6 Å². The Labute approximate surface area is 164 Å². The third-order valence-electron chi connectivity index (χ3n) is 4.82. The van der Waals surface area contributed by atoms with Gasteiger partial charge in [-0.25, -0.2) is 4.39 Å². The van der Waals surface area contributed by atoms with Gasteiger partial charge in [-0.1, -0.05) is 35.5 Å². The molecule has 0 bridgehead atoms. The van der Waals surface area contributed by atoms with Crippen molar-refractivity contribution in [3.05, 3.63) is 66.6 Å². The predicted octanol–water partition coefficient (Wildman–Crippen LogP) is 3.33. The van der Waals surface area contributed by atoms with Crippen LogP contribution in [0.25, 0.3) is 11.3 Å². The van der Waals surface area contributed by atoms with Crippen molar-refractivity contribution < 1.29 is 4.39 Å². The Balaban J connectivity index is 0.00000210. The second-order valence-corrected chi connectivity index (χ2v) is 6.54. The van der Waals surface area contributed by atoms with Crippen LogP contribution in [0.2, 0.25) is 0 Å². The lowest BCUT2D eigenvalue weighted by atomic mass is 10.2. The van der Waals surface area contributed by atoms with E-state index in [0.717, 1.165) is 56.2 Å². The third-order valence-corrected chi connectivity index (χ3v) is 4.82. The summed E-state index contributed by atoms with van der Waals surface area (Å²) in [6, 6.07) is 16.9. The normalized spacial score (nSPS) is 14.8. The van der Waals surface area contributed by atoms with E-state index in [-0.39, 0.29) is 18.2 Å². The van der Waals surface area contributed by atoms with Crippen molar-refractivity contribution in [3.8, 4) is 11.3 Å². The maximum atomic E-state index is 13.0. The predicted molar refractivity (Wildman–Crippen MR) is 108 cm³/mol. The third kappa shape index (κ3) is 4.84. The molecule has 1 aromatic heterocycles. The molecule has 0 spiro atoms. The number of aromatic nitrogens is 3. The van der Waals surface area contributed by atoms with Crippen molar-refractivity contribution in [1.29, 1.82) is 0 Å². The van der Waals surface area contributed by atoms with Crippen LogP contribution in [0.4, 0.5) is 10.1 Å². The van der Waals surface area contributed by atoms with Crippen molar-refractivity contribution in [2.45, 2.75) is 6.54 Å². The molecule has 1 aliphatic rings. The Morgan fingerprint density at radius 2 is 1.56 bits per heavy atom. The Morgan fingerprint density at radius 3 is 2.26 bits per heavy atom. The summed E-state index contributed by atoms with van der Waals surface area (Å²) < 4.78 is 15.0. The number of anilines is 1. The van der Waals surface area contributed by atoms with Gasteiger partial charge in [0, 0.05) is 44.0 Å². The van der Waals surface area contributed by atoms with E-state index in [9.17, 15) is 4.39 Å². The molecule has 0 aliphatic carbocycles. The second kappa shape index (κ2) is 8.97. The van der Waals surface area contributed by atoms with Crippen LogP contribution >= 0.6 is 12.4 Å². The molecule has 27 heavy (non-hydrogen) atoms. The lowest BCUT2D eigenvalue weighted by Crippen LogP contribution is -2.47. The van der Waals surface area contributed by atoms with Gasteiger partial charge in [-0.05, 0) is 24.3 Å². The highest BCUT2D eigenvalue weighted by Crippen LogP contribution is 2.17. The molecule has 0 unspecified atom stereocenters. The van der Waals surface area contributed by atoms with Gasteiger partial charge in [0.15, 0.2) is 0 Å². The number of rotatable bonds is 5. The van der Waals surface area contributed by atoms with Gasteiger partial charge in [-0.2, -0.15) is 0 Å². The van der Waals surface area contributed by atoms with Crippen LogP contribution in [0, 0.1) is 5.82 Å².